The lowest BCUT2D eigenvalue weighted by Crippen LogP contribution is -2.61. The SMILES string of the molecule is COCC(O)N1CC(F)(c2ccc(C3=NOC(c4cc(Cl)c(F)c(Cl)c4)(C(F)(F)F)C3)cc2)C1. The van der Waals surface area contributed by atoms with Gasteiger partial charge in [0, 0.05) is 32.2 Å². The molecule has 5 nitrogen and oxygen atoms in total. The molecule has 0 bridgehead atoms. The molecule has 2 atom stereocenters. The predicted octanol–water partition coefficient (Wildman–Crippen LogP) is 5.16. The van der Waals surface area contributed by atoms with Crippen molar-refractivity contribution >= 4 is 28.9 Å². The molecule has 0 saturated carbocycles. The van der Waals surface area contributed by atoms with Crippen molar-refractivity contribution in [3.8, 4) is 0 Å². The molecular formula is C22H19Cl2F5N2O3. The number of alkyl halides is 4. The number of oxime groups is 1. The van der Waals surface area contributed by atoms with Crippen LogP contribution in [0.25, 0.3) is 0 Å². The molecule has 2 aromatic rings. The molecule has 0 aromatic heterocycles. The topological polar surface area (TPSA) is 54.3 Å². The van der Waals surface area contributed by atoms with Crippen LogP contribution in [0.2, 0.25) is 10.0 Å². The van der Waals surface area contributed by atoms with Gasteiger partial charge in [0.2, 0.25) is 0 Å². The largest absolute Gasteiger partial charge is 0.435 e. The van der Waals surface area contributed by atoms with Crippen molar-refractivity contribution in [1.29, 1.82) is 0 Å². The monoisotopic (exact) mass is 524 g/mol. The maximum absolute atomic E-state index is 15.2. The van der Waals surface area contributed by atoms with Crippen LogP contribution in [-0.4, -0.2) is 54.9 Å². The van der Waals surface area contributed by atoms with Crippen LogP contribution >= 0.6 is 23.2 Å². The number of hydrogen-bond donors (Lipinski definition) is 1. The van der Waals surface area contributed by atoms with Crippen molar-refractivity contribution in [2.45, 2.75) is 30.1 Å². The summed E-state index contributed by atoms with van der Waals surface area (Å²) in [6, 6.07) is 7.43. The minimum absolute atomic E-state index is 0.0286. The Labute approximate surface area is 201 Å². The third-order valence-electron chi connectivity index (χ3n) is 6.02. The summed E-state index contributed by atoms with van der Waals surface area (Å²) in [6.45, 7) is -0.0608. The number of halogens is 7. The van der Waals surface area contributed by atoms with Gasteiger partial charge in [-0.2, -0.15) is 13.2 Å². The Bertz CT molecular complexity index is 1080. The second-order valence-corrected chi connectivity index (χ2v) is 9.08. The van der Waals surface area contributed by atoms with Crippen LogP contribution in [-0.2, 0) is 20.8 Å². The van der Waals surface area contributed by atoms with E-state index in [2.05, 4.69) is 5.16 Å². The summed E-state index contributed by atoms with van der Waals surface area (Å²) < 4.78 is 76.1. The van der Waals surface area contributed by atoms with E-state index in [0.717, 1.165) is 12.1 Å². The summed E-state index contributed by atoms with van der Waals surface area (Å²) in [5.41, 5.74) is -4.52. The number of ether oxygens (including phenoxy) is 1. The Morgan fingerprint density at radius 1 is 1.15 bits per heavy atom. The molecule has 2 aliphatic rings. The normalized spacial score (nSPS) is 23.3. The highest BCUT2D eigenvalue weighted by atomic mass is 35.5. The second-order valence-electron chi connectivity index (χ2n) is 8.27. The van der Waals surface area contributed by atoms with Crippen LogP contribution in [0, 0.1) is 5.82 Å². The number of aliphatic hydroxyl groups is 1. The minimum Gasteiger partial charge on any atom is -0.381 e. The molecule has 184 valence electrons. The van der Waals surface area contributed by atoms with E-state index in [-0.39, 0.29) is 25.4 Å². The smallest absolute Gasteiger partial charge is 0.381 e. The fraction of sp³-hybridized carbons (Fsp3) is 0.409. The summed E-state index contributed by atoms with van der Waals surface area (Å²) in [4.78, 5) is 6.41. The Morgan fingerprint density at radius 3 is 2.26 bits per heavy atom. The molecule has 2 heterocycles. The van der Waals surface area contributed by atoms with Crippen molar-refractivity contribution in [3.05, 3.63) is 69.0 Å². The van der Waals surface area contributed by atoms with Crippen LogP contribution < -0.4 is 0 Å². The van der Waals surface area contributed by atoms with E-state index in [9.17, 15) is 22.7 Å². The average molecular weight is 525 g/mol. The molecule has 0 amide bonds. The molecule has 0 spiro atoms. The van der Waals surface area contributed by atoms with Crippen molar-refractivity contribution < 1.29 is 36.6 Å². The van der Waals surface area contributed by atoms with Gasteiger partial charge in [0.25, 0.3) is 5.60 Å². The van der Waals surface area contributed by atoms with E-state index in [0.29, 0.717) is 11.1 Å². The number of methoxy groups -OCH3 is 1. The van der Waals surface area contributed by atoms with Crippen LogP contribution in [0.3, 0.4) is 0 Å². The molecule has 1 fully saturated rings. The molecule has 2 unspecified atom stereocenters. The van der Waals surface area contributed by atoms with Crippen molar-refractivity contribution in [3.63, 3.8) is 0 Å². The maximum Gasteiger partial charge on any atom is 0.435 e. The summed E-state index contributed by atoms with van der Waals surface area (Å²) >= 11 is 11.4. The number of hydrogen-bond acceptors (Lipinski definition) is 5. The van der Waals surface area contributed by atoms with Gasteiger partial charge in [0.05, 0.1) is 22.4 Å². The van der Waals surface area contributed by atoms with E-state index in [4.69, 9.17) is 32.8 Å². The Morgan fingerprint density at radius 2 is 1.74 bits per heavy atom. The molecule has 1 N–H and O–H groups in total. The van der Waals surface area contributed by atoms with Gasteiger partial charge >= 0.3 is 6.18 Å². The van der Waals surface area contributed by atoms with Crippen LogP contribution in [0.4, 0.5) is 22.0 Å². The lowest BCUT2D eigenvalue weighted by molar-refractivity contribution is -0.275. The molecule has 0 radical (unpaired) electrons. The Hall–Kier alpha value is -1.98. The first-order valence-electron chi connectivity index (χ1n) is 10.1. The highest BCUT2D eigenvalue weighted by Gasteiger charge is 2.62. The first-order chi connectivity index (χ1) is 15.9. The van der Waals surface area contributed by atoms with Gasteiger partial charge < -0.3 is 14.7 Å². The molecule has 12 heteroatoms. The van der Waals surface area contributed by atoms with Gasteiger partial charge in [-0.3, -0.25) is 4.90 Å². The van der Waals surface area contributed by atoms with Crippen LogP contribution in [0.5, 0.6) is 0 Å². The zero-order chi connectivity index (χ0) is 24.9. The van der Waals surface area contributed by atoms with Gasteiger partial charge in [-0.1, -0.05) is 52.6 Å². The van der Waals surface area contributed by atoms with E-state index in [1.54, 1.807) is 0 Å². The van der Waals surface area contributed by atoms with E-state index < -0.39 is 51.5 Å². The van der Waals surface area contributed by atoms with Crippen molar-refractivity contribution in [2.24, 2.45) is 5.16 Å². The molecule has 2 aliphatic heterocycles. The Kier molecular flexibility index (Phi) is 6.58. The molecule has 34 heavy (non-hydrogen) atoms. The maximum atomic E-state index is 15.2. The van der Waals surface area contributed by atoms with Gasteiger partial charge in [0.1, 0.15) is 6.23 Å². The predicted molar refractivity (Wildman–Crippen MR) is 115 cm³/mol. The van der Waals surface area contributed by atoms with Gasteiger partial charge in [-0.05, 0) is 23.3 Å². The van der Waals surface area contributed by atoms with Crippen LogP contribution in [0.15, 0.2) is 41.6 Å². The fourth-order valence-electron chi connectivity index (χ4n) is 4.05. The van der Waals surface area contributed by atoms with E-state index >= 15 is 4.39 Å². The zero-order valence-electron chi connectivity index (χ0n) is 17.7. The lowest BCUT2D eigenvalue weighted by Gasteiger charge is -2.46. The summed E-state index contributed by atoms with van der Waals surface area (Å²) in [5, 5.41) is 12.3. The van der Waals surface area contributed by atoms with E-state index in [1.165, 1.54) is 36.3 Å². The zero-order valence-corrected chi connectivity index (χ0v) is 19.2. The molecule has 4 rings (SSSR count). The van der Waals surface area contributed by atoms with Gasteiger partial charge in [0.15, 0.2) is 11.5 Å². The first-order valence-corrected chi connectivity index (χ1v) is 10.8. The standard InChI is InChI=1S/C22H19Cl2F5N2O3/c1-33-9-18(32)31-10-20(26,11-31)13-4-2-12(3-5-13)17-8-21(34-30-17,22(27,28)29)14-6-15(23)19(25)16(24)7-14/h2-7,18,32H,8-11H2,1H3. The average Bonchev–Trinajstić information content (AvgIpc) is 3.22. The minimum atomic E-state index is -4.93. The third-order valence-corrected chi connectivity index (χ3v) is 6.57. The highest BCUT2D eigenvalue weighted by Crippen LogP contribution is 2.50. The summed E-state index contributed by atoms with van der Waals surface area (Å²) in [7, 11) is 1.42. The first kappa shape index (κ1) is 25.1. The number of nitrogens with zero attached hydrogens (tertiary/aromatic N) is 2. The fourth-order valence-corrected chi connectivity index (χ4v) is 4.54. The third kappa shape index (κ3) is 4.26. The number of rotatable bonds is 6. The molecule has 2 aromatic carbocycles. The molecular weight excluding hydrogens is 506 g/mol. The van der Waals surface area contributed by atoms with Crippen LogP contribution in [0.1, 0.15) is 23.1 Å². The Balaban J connectivity index is 1.54. The highest BCUT2D eigenvalue weighted by molar-refractivity contribution is 6.35. The quantitative estimate of drug-likeness (QED) is 0.419. The van der Waals surface area contributed by atoms with Gasteiger partial charge in [-0.25, -0.2) is 8.78 Å². The number of aliphatic hydroxyl groups excluding tert-OH is 1. The van der Waals surface area contributed by atoms with Crippen molar-refractivity contribution in [2.75, 3.05) is 26.8 Å². The summed E-state index contributed by atoms with van der Waals surface area (Å²) in [6.07, 6.45) is -6.57. The molecule has 1 saturated heterocycles. The van der Waals surface area contributed by atoms with Crippen molar-refractivity contribution in [1.82, 2.24) is 4.90 Å². The second kappa shape index (κ2) is 8.91. The lowest BCUT2D eigenvalue weighted by atomic mass is 9.84. The van der Waals surface area contributed by atoms with E-state index in [1.807, 2.05) is 0 Å². The van der Waals surface area contributed by atoms with Gasteiger partial charge in [-0.15, -0.1) is 0 Å². The number of benzene rings is 2. The summed E-state index contributed by atoms with van der Waals surface area (Å²) in [5.74, 6) is -1.04. The number of likely N-dealkylation sites (tertiary alicyclic amines) is 1. The molecule has 0 aliphatic carbocycles.